The quantitative estimate of drug-likeness (QED) is 0.265. The molecule has 174 valence electrons. The average molecular weight is 537 g/mol. The number of ether oxygens (including phenoxy) is 1. The Hall–Kier alpha value is -3.10. The van der Waals surface area contributed by atoms with Gasteiger partial charge in [-0.2, -0.15) is 0 Å². The normalized spacial score (nSPS) is 10.8. The molecule has 6 nitrogen and oxygen atoms in total. The van der Waals surface area contributed by atoms with Crippen molar-refractivity contribution < 1.29 is 9.53 Å². The molecule has 34 heavy (non-hydrogen) atoms. The van der Waals surface area contributed by atoms with Gasteiger partial charge in [0.15, 0.2) is 11.0 Å². The molecule has 0 aliphatic rings. The fraction of sp³-hybridized carbons (Fsp3) is 0.192. The van der Waals surface area contributed by atoms with Gasteiger partial charge >= 0.3 is 0 Å². The van der Waals surface area contributed by atoms with Gasteiger partial charge in [0.25, 0.3) is 0 Å². The summed E-state index contributed by atoms with van der Waals surface area (Å²) >= 11 is 4.80. The standard InChI is InChI=1S/C26H25BrN4O2S/c1-18-8-9-19(2)23(14-18)28-25(32)17-34-26-30-29-24(16-33-22-12-10-21(27)11-13-22)31(26)15-20-6-4-3-5-7-20/h3-14H,15-17H2,1-2H3,(H,28,32). The molecule has 3 aromatic carbocycles. The lowest BCUT2D eigenvalue weighted by atomic mass is 10.1. The van der Waals surface area contributed by atoms with E-state index in [1.807, 2.05) is 79.1 Å². The summed E-state index contributed by atoms with van der Waals surface area (Å²) in [5, 5.41) is 12.4. The van der Waals surface area contributed by atoms with Crippen LogP contribution in [0.15, 0.2) is 82.4 Å². The molecule has 1 aromatic heterocycles. The first-order valence-electron chi connectivity index (χ1n) is 10.8. The maximum atomic E-state index is 12.6. The number of aromatic nitrogens is 3. The van der Waals surface area contributed by atoms with E-state index in [4.69, 9.17) is 4.74 Å². The number of rotatable bonds is 9. The first-order valence-corrected chi connectivity index (χ1v) is 12.6. The molecule has 1 N–H and O–H groups in total. The van der Waals surface area contributed by atoms with Crippen LogP contribution in [0, 0.1) is 13.8 Å². The number of carbonyl (C=O) groups is 1. The van der Waals surface area contributed by atoms with Crippen LogP contribution in [0.5, 0.6) is 5.75 Å². The molecule has 4 rings (SSSR count). The Morgan fingerprint density at radius 3 is 2.56 bits per heavy atom. The van der Waals surface area contributed by atoms with E-state index in [0.29, 0.717) is 17.5 Å². The Morgan fingerprint density at radius 2 is 1.79 bits per heavy atom. The second kappa shape index (κ2) is 11.4. The number of nitrogens with one attached hydrogen (secondary N) is 1. The molecule has 1 amide bonds. The smallest absolute Gasteiger partial charge is 0.234 e. The van der Waals surface area contributed by atoms with Crippen LogP contribution in [-0.2, 0) is 17.9 Å². The maximum Gasteiger partial charge on any atom is 0.234 e. The summed E-state index contributed by atoms with van der Waals surface area (Å²) in [5.41, 5.74) is 4.09. The van der Waals surface area contributed by atoms with Gasteiger partial charge in [0.05, 0.1) is 12.3 Å². The van der Waals surface area contributed by atoms with Crippen molar-refractivity contribution >= 4 is 39.3 Å². The zero-order chi connectivity index (χ0) is 23.9. The monoisotopic (exact) mass is 536 g/mol. The molecule has 0 unspecified atom stereocenters. The van der Waals surface area contributed by atoms with E-state index in [2.05, 4.69) is 43.6 Å². The highest BCUT2D eigenvalue weighted by atomic mass is 79.9. The van der Waals surface area contributed by atoms with E-state index >= 15 is 0 Å². The van der Waals surface area contributed by atoms with Crippen molar-refractivity contribution in [1.29, 1.82) is 0 Å². The number of hydrogen-bond donors (Lipinski definition) is 1. The third kappa shape index (κ3) is 6.48. The Morgan fingerprint density at radius 1 is 1.03 bits per heavy atom. The molecular formula is C26H25BrN4O2S. The summed E-state index contributed by atoms with van der Waals surface area (Å²) in [4.78, 5) is 12.6. The largest absolute Gasteiger partial charge is 0.486 e. The molecular weight excluding hydrogens is 512 g/mol. The van der Waals surface area contributed by atoms with Crippen LogP contribution >= 0.6 is 27.7 Å². The van der Waals surface area contributed by atoms with Crippen LogP contribution in [0.25, 0.3) is 0 Å². The number of aryl methyl sites for hydroxylation is 2. The summed E-state index contributed by atoms with van der Waals surface area (Å²) in [6, 6.07) is 23.8. The van der Waals surface area contributed by atoms with Gasteiger partial charge in [-0.15, -0.1) is 10.2 Å². The molecule has 0 fully saturated rings. The Kier molecular flexibility index (Phi) is 8.03. The highest BCUT2D eigenvalue weighted by molar-refractivity contribution is 9.10. The molecule has 0 radical (unpaired) electrons. The van der Waals surface area contributed by atoms with Crippen molar-refractivity contribution in [1.82, 2.24) is 14.8 Å². The summed E-state index contributed by atoms with van der Waals surface area (Å²) in [6.45, 7) is 4.86. The minimum atomic E-state index is -0.0828. The fourth-order valence-electron chi connectivity index (χ4n) is 3.32. The number of thioether (sulfide) groups is 1. The molecule has 0 saturated carbocycles. The van der Waals surface area contributed by atoms with Gasteiger partial charge in [-0.1, -0.05) is 70.2 Å². The summed E-state index contributed by atoms with van der Waals surface area (Å²) in [7, 11) is 0. The minimum Gasteiger partial charge on any atom is -0.486 e. The van der Waals surface area contributed by atoms with E-state index in [-0.39, 0.29) is 18.3 Å². The van der Waals surface area contributed by atoms with E-state index in [1.54, 1.807) is 0 Å². The summed E-state index contributed by atoms with van der Waals surface area (Å²) in [5.74, 6) is 1.60. The SMILES string of the molecule is Cc1ccc(C)c(NC(=O)CSc2nnc(COc3ccc(Br)cc3)n2Cc2ccccc2)c1. The molecule has 4 aromatic rings. The van der Waals surface area contributed by atoms with Crippen molar-refractivity contribution in [2.75, 3.05) is 11.1 Å². The highest BCUT2D eigenvalue weighted by Gasteiger charge is 2.16. The number of halogens is 1. The number of hydrogen-bond acceptors (Lipinski definition) is 5. The molecule has 0 aliphatic heterocycles. The minimum absolute atomic E-state index is 0.0828. The maximum absolute atomic E-state index is 12.6. The average Bonchev–Trinajstić information content (AvgIpc) is 3.21. The van der Waals surface area contributed by atoms with Crippen LogP contribution in [0.3, 0.4) is 0 Å². The zero-order valence-electron chi connectivity index (χ0n) is 19.0. The van der Waals surface area contributed by atoms with Gasteiger partial charge in [-0.05, 0) is 60.9 Å². The highest BCUT2D eigenvalue weighted by Crippen LogP contribution is 2.22. The van der Waals surface area contributed by atoms with Crippen LogP contribution in [0.1, 0.15) is 22.5 Å². The van der Waals surface area contributed by atoms with Gasteiger partial charge in [0, 0.05) is 10.2 Å². The third-order valence-electron chi connectivity index (χ3n) is 5.16. The van der Waals surface area contributed by atoms with Gasteiger partial charge < -0.3 is 10.1 Å². The lowest BCUT2D eigenvalue weighted by Gasteiger charge is -2.12. The van der Waals surface area contributed by atoms with Crippen molar-refractivity contribution in [3.8, 4) is 5.75 Å². The van der Waals surface area contributed by atoms with E-state index in [1.165, 1.54) is 11.8 Å². The first-order chi connectivity index (χ1) is 16.5. The Bertz CT molecular complexity index is 1260. The summed E-state index contributed by atoms with van der Waals surface area (Å²) < 4.78 is 8.93. The first kappa shape index (κ1) is 24.0. The molecule has 0 spiro atoms. The van der Waals surface area contributed by atoms with E-state index < -0.39 is 0 Å². The predicted octanol–water partition coefficient (Wildman–Crippen LogP) is 6.02. The molecule has 0 bridgehead atoms. The number of nitrogens with zero attached hydrogens (tertiary/aromatic N) is 3. The summed E-state index contributed by atoms with van der Waals surface area (Å²) in [6.07, 6.45) is 0. The molecule has 0 atom stereocenters. The second-order valence-corrected chi connectivity index (χ2v) is 9.73. The fourth-order valence-corrected chi connectivity index (χ4v) is 4.34. The lowest BCUT2D eigenvalue weighted by molar-refractivity contribution is -0.113. The van der Waals surface area contributed by atoms with Crippen molar-refractivity contribution in [2.45, 2.75) is 32.2 Å². The van der Waals surface area contributed by atoms with E-state index in [0.717, 1.165) is 32.6 Å². The number of anilines is 1. The topological polar surface area (TPSA) is 69.0 Å². The van der Waals surface area contributed by atoms with Crippen LogP contribution in [0.2, 0.25) is 0 Å². The van der Waals surface area contributed by atoms with Crippen LogP contribution in [-0.4, -0.2) is 26.4 Å². The second-order valence-electron chi connectivity index (χ2n) is 7.87. The van der Waals surface area contributed by atoms with Gasteiger partial charge in [-0.3, -0.25) is 9.36 Å². The number of carbonyl (C=O) groups excluding carboxylic acids is 1. The van der Waals surface area contributed by atoms with Gasteiger partial charge in [0.1, 0.15) is 12.4 Å². The van der Waals surface area contributed by atoms with Crippen molar-refractivity contribution in [2.24, 2.45) is 0 Å². The van der Waals surface area contributed by atoms with Gasteiger partial charge in [0.2, 0.25) is 5.91 Å². The Labute approximate surface area is 211 Å². The van der Waals surface area contributed by atoms with E-state index in [9.17, 15) is 4.79 Å². The third-order valence-corrected chi connectivity index (χ3v) is 6.65. The van der Waals surface area contributed by atoms with Crippen LogP contribution in [0.4, 0.5) is 5.69 Å². The van der Waals surface area contributed by atoms with Crippen molar-refractivity contribution in [3.63, 3.8) is 0 Å². The Balaban J connectivity index is 1.47. The molecule has 1 heterocycles. The predicted molar refractivity (Wildman–Crippen MR) is 139 cm³/mol. The number of benzene rings is 3. The molecule has 0 saturated heterocycles. The molecule has 0 aliphatic carbocycles. The number of amides is 1. The zero-order valence-corrected chi connectivity index (χ0v) is 21.4. The lowest BCUT2D eigenvalue weighted by Crippen LogP contribution is -2.16. The van der Waals surface area contributed by atoms with Gasteiger partial charge in [-0.25, -0.2) is 0 Å². The van der Waals surface area contributed by atoms with Crippen molar-refractivity contribution in [3.05, 3.63) is 99.8 Å². The molecule has 8 heteroatoms. The van der Waals surface area contributed by atoms with Crippen LogP contribution < -0.4 is 10.1 Å².